The number of rotatable bonds is 6. The van der Waals surface area contributed by atoms with E-state index in [9.17, 15) is 0 Å². The monoisotopic (exact) mass is 393 g/mol. The summed E-state index contributed by atoms with van der Waals surface area (Å²) in [7, 11) is 5.62. The average molecular weight is 394 g/mol. The standard InChI is InChI=1S/C17H24BrN5O/c1-5-19-17(22(2)11-13-9-21-23(3)12-13)20-10-14-8-15(18)6-7-16(14)24-4/h6-9,12H,5,10-11H2,1-4H3,(H,19,20). The number of nitrogens with one attached hydrogen (secondary N) is 1. The highest BCUT2D eigenvalue weighted by Crippen LogP contribution is 2.23. The van der Waals surface area contributed by atoms with Crippen LogP contribution in [0.1, 0.15) is 18.1 Å². The Morgan fingerprint density at radius 2 is 2.25 bits per heavy atom. The van der Waals surface area contributed by atoms with Crippen LogP contribution in [0.2, 0.25) is 0 Å². The summed E-state index contributed by atoms with van der Waals surface area (Å²) in [5.74, 6) is 1.69. The van der Waals surface area contributed by atoms with E-state index >= 15 is 0 Å². The number of hydrogen-bond donors (Lipinski definition) is 1. The number of aromatic nitrogens is 2. The van der Waals surface area contributed by atoms with Crippen LogP contribution in [0.15, 0.2) is 40.1 Å². The van der Waals surface area contributed by atoms with Gasteiger partial charge in [0.05, 0.1) is 19.9 Å². The summed E-state index contributed by atoms with van der Waals surface area (Å²) in [6.45, 7) is 4.16. The third-order valence-corrected chi connectivity index (χ3v) is 4.01. The molecule has 0 amide bonds. The molecule has 0 aliphatic rings. The van der Waals surface area contributed by atoms with Crippen molar-refractivity contribution in [3.8, 4) is 5.75 Å². The molecular weight excluding hydrogens is 370 g/mol. The number of hydrogen-bond acceptors (Lipinski definition) is 3. The summed E-state index contributed by atoms with van der Waals surface area (Å²) >= 11 is 3.50. The second-order valence-corrected chi connectivity index (χ2v) is 6.42. The second kappa shape index (κ2) is 8.73. The van der Waals surface area contributed by atoms with Gasteiger partial charge in [-0.1, -0.05) is 15.9 Å². The zero-order chi connectivity index (χ0) is 17.5. The number of nitrogens with zero attached hydrogens (tertiary/aromatic N) is 4. The molecule has 1 heterocycles. The third kappa shape index (κ3) is 4.99. The van der Waals surface area contributed by atoms with Crippen LogP contribution in [-0.2, 0) is 20.1 Å². The molecule has 7 heteroatoms. The molecule has 24 heavy (non-hydrogen) atoms. The van der Waals surface area contributed by atoms with Gasteiger partial charge in [-0.3, -0.25) is 4.68 Å². The molecule has 0 atom stereocenters. The Balaban J connectivity index is 2.14. The lowest BCUT2D eigenvalue weighted by atomic mass is 10.2. The number of aliphatic imine (C=N–C) groups is 1. The van der Waals surface area contributed by atoms with E-state index in [2.05, 4.69) is 38.2 Å². The number of benzene rings is 1. The predicted molar refractivity (Wildman–Crippen MR) is 100 cm³/mol. The van der Waals surface area contributed by atoms with E-state index in [4.69, 9.17) is 9.73 Å². The maximum absolute atomic E-state index is 5.42. The van der Waals surface area contributed by atoms with Gasteiger partial charge in [-0.05, 0) is 25.1 Å². The molecule has 0 bridgehead atoms. The van der Waals surface area contributed by atoms with E-state index in [1.807, 2.05) is 44.7 Å². The highest BCUT2D eigenvalue weighted by Gasteiger charge is 2.09. The number of guanidine groups is 1. The highest BCUT2D eigenvalue weighted by molar-refractivity contribution is 9.10. The van der Waals surface area contributed by atoms with Crippen LogP contribution in [0, 0.1) is 0 Å². The number of methoxy groups -OCH3 is 1. The first-order chi connectivity index (χ1) is 11.5. The fourth-order valence-electron chi connectivity index (χ4n) is 2.40. The molecule has 1 N–H and O–H groups in total. The summed E-state index contributed by atoms with van der Waals surface area (Å²) in [5, 5.41) is 7.54. The van der Waals surface area contributed by atoms with Crippen LogP contribution >= 0.6 is 15.9 Å². The minimum absolute atomic E-state index is 0.544. The van der Waals surface area contributed by atoms with Crippen molar-refractivity contribution in [3.63, 3.8) is 0 Å². The highest BCUT2D eigenvalue weighted by atomic mass is 79.9. The lowest BCUT2D eigenvalue weighted by Crippen LogP contribution is -2.38. The molecule has 0 unspecified atom stereocenters. The molecule has 0 saturated carbocycles. The number of aryl methyl sites for hydroxylation is 1. The molecule has 0 fully saturated rings. The van der Waals surface area contributed by atoms with Gasteiger partial charge in [-0.2, -0.15) is 5.10 Å². The van der Waals surface area contributed by atoms with Gasteiger partial charge >= 0.3 is 0 Å². The van der Waals surface area contributed by atoms with Gasteiger partial charge in [0.1, 0.15) is 5.75 Å². The molecule has 2 aromatic rings. The lowest BCUT2D eigenvalue weighted by Gasteiger charge is -2.21. The molecule has 1 aromatic carbocycles. The predicted octanol–water partition coefficient (Wildman–Crippen LogP) is 2.79. The van der Waals surface area contributed by atoms with Crippen LogP contribution in [0.25, 0.3) is 0 Å². The van der Waals surface area contributed by atoms with Crippen molar-refractivity contribution in [2.45, 2.75) is 20.0 Å². The van der Waals surface area contributed by atoms with Crippen LogP contribution in [0.5, 0.6) is 5.75 Å². The molecular formula is C17H24BrN5O. The zero-order valence-electron chi connectivity index (χ0n) is 14.6. The van der Waals surface area contributed by atoms with Crippen molar-refractivity contribution in [2.75, 3.05) is 20.7 Å². The molecule has 6 nitrogen and oxygen atoms in total. The fourth-order valence-corrected chi connectivity index (χ4v) is 2.81. The van der Waals surface area contributed by atoms with Crippen LogP contribution < -0.4 is 10.1 Å². The molecule has 0 spiro atoms. The van der Waals surface area contributed by atoms with Crippen molar-refractivity contribution in [2.24, 2.45) is 12.0 Å². The maximum Gasteiger partial charge on any atom is 0.194 e. The summed E-state index contributed by atoms with van der Waals surface area (Å²) in [6.07, 6.45) is 3.88. The third-order valence-electron chi connectivity index (χ3n) is 3.52. The first-order valence-electron chi connectivity index (χ1n) is 7.82. The van der Waals surface area contributed by atoms with E-state index in [0.29, 0.717) is 6.54 Å². The second-order valence-electron chi connectivity index (χ2n) is 5.50. The van der Waals surface area contributed by atoms with Gasteiger partial charge in [0, 0.05) is 49.0 Å². The molecule has 0 saturated heterocycles. The lowest BCUT2D eigenvalue weighted by molar-refractivity contribution is 0.409. The van der Waals surface area contributed by atoms with Crippen molar-refractivity contribution >= 4 is 21.9 Å². The normalized spacial score (nSPS) is 11.5. The van der Waals surface area contributed by atoms with Crippen molar-refractivity contribution in [1.82, 2.24) is 20.0 Å². The SMILES string of the molecule is CCNC(=NCc1cc(Br)ccc1OC)N(C)Cc1cnn(C)c1. The molecule has 2 rings (SSSR count). The van der Waals surface area contributed by atoms with Gasteiger partial charge in [-0.25, -0.2) is 4.99 Å². The first-order valence-corrected chi connectivity index (χ1v) is 8.62. The van der Waals surface area contributed by atoms with Gasteiger partial charge in [-0.15, -0.1) is 0 Å². The van der Waals surface area contributed by atoms with E-state index < -0.39 is 0 Å². The average Bonchev–Trinajstić information content (AvgIpc) is 2.96. The minimum atomic E-state index is 0.544. The van der Waals surface area contributed by atoms with Gasteiger partial charge in [0.2, 0.25) is 0 Å². The minimum Gasteiger partial charge on any atom is -0.496 e. The largest absolute Gasteiger partial charge is 0.496 e. The zero-order valence-corrected chi connectivity index (χ0v) is 16.2. The van der Waals surface area contributed by atoms with E-state index in [1.54, 1.807) is 11.8 Å². The molecule has 0 aliphatic carbocycles. The Morgan fingerprint density at radius 3 is 2.88 bits per heavy atom. The van der Waals surface area contributed by atoms with Gasteiger partial charge < -0.3 is 15.0 Å². The summed E-state index contributed by atoms with van der Waals surface area (Å²) in [4.78, 5) is 6.83. The molecule has 1 aromatic heterocycles. The molecule has 0 radical (unpaired) electrons. The van der Waals surface area contributed by atoms with Gasteiger partial charge in [0.25, 0.3) is 0 Å². The molecule has 0 aliphatic heterocycles. The smallest absolute Gasteiger partial charge is 0.194 e. The van der Waals surface area contributed by atoms with E-state index in [1.165, 1.54) is 0 Å². The Kier molecular flexibility index (Phi) is 6.66. The van der Waals surface area contributed by atoms with Crippen LogP contribution in [0.3, 0.4) is 0 Å². The maximum atomic E-state index is 5.42. The summed E-state index contributed by atoms with van der Waals surface area (Å²) < 4.78 is 8.24. The topological polar surface area (TPSA) is 54.7 Å². The Morgan fingerprint density at radius 1 is 1.46 bits per heavy atom. The van der Waals surface area contributed by atoms with Gasteiger partial charge in [0.15, 0.2) is 5.96 Å². The summed E-state index contributed by atoms with van der Waals surface area (Å²) in [5.41, 5.74) is 2.18. The van der Waals surface area contributed by atoms with Crippen LogP contribution in [0.4, 0.5) is 0 Å². The van der Waals surface area contributed by atoms with Crippen molar-refractivity contribution < 1.29 is 4.74 Å². The van der Waals surface area contributed by atoms with Crippen molar-refractivity contribution in [1.29, 1.82) is 0 Å². The first kappa shape index (κ1) is 18.3. The molecule has 130 valence electrons. The Labute approximate surface area is 151 Å². The Hall–Kier alpha value is -2.02. The fraction of sp³-hybridized carbons (Fsp3) is 0.412. The van der Waals surface area contributed by atoms with E-state index in [0.717, 1.165) is 40.4 Å². The van der Waals surface area contributed by atoms with Crippen LogP contribution in [-0.4, -0.2) is 41.3 Å². The quantitative estimate of drug-likeness (QED) is 0.605. The number of halogens is 1. The van der Waals surface area contributed by atoms with Crippen molar-refractivity contribution in [3.05, 3.63) is 46.2 Å². The Bertz CT molecular complexity index is 698. The number of ether oxygens (including phenoxy) is 1. The summed E-state index contributed by atoms with van der Waals surface area (Å²) in [6, 6.07) is 5.94. The van der Waals surface area contributed by atoms with E-state index in [-0.39, 0.29) is 0 Å².